The molecule has 0 fully saturated rings. The number of hydrogen-bond acceptors (Lipinski definition) is 5. The molecule has 1 heterocycles. The van der Waals surface area contributed by atoms with Crippen molar-refractivity contribution >= 4 is 22.8 Å². The summed E-state index contributed by atoms with van der Waals surface area (Å²) in [6, 6.07) is 17.1. The van der Waals surface area contributed by atoms with Crippen molar-refractivity contribution in [1.82, 2.24) is 10.2 Å². The molecular weight excluding hydrogens is 282 g/mol. The van der Waals surface area contributed by atoms with E-state index in [0.29, 0.717) is 10.6 Å². The van der Waals surface area contributed by atoms with E-state index in [0.717, 1.165) is 16.3 Å². The van der Waals surface area contributed by atoms with Crippen LogP contribution in [0.5, 0.6) is 0 Å². The first-order valence-corrected chi connectivity index (χ1v) is 7.31. The van der Waals surface area contributed by atoms with E-state index in [9.17, 15) is 4.79 Å². The third-order valence-electron chi connectivity index (χ3n) is 3.08. The number of carbonyl (C=O) groups excluding carboxylic acids is 1. The number of rotatable bonds is 4. The molecule has 0 radical (unpaired) electrons. The smallest absolute Gasteiger partial charge is 0.225 e. The maximum Gasteiger partial charge on any atom is 0.225 e. The third kappa shape index (κ3) is 2.68. The number of nitrogens with zero attached hydrogens (tertiary/aromatic N) is 2. The molecule has 0 saturated heterocycles. The number of hydrogen-bond donors (Lipinski definition) is 1. The average Bonchev–Trinajstić information content (AvgIpc) is 3.05. The highest BCUT2D eigenvalue weighted by Gasteiger charge is 2.18. The molecule has 0 unspecified atom stereocenters. The predicted octanol–water partition coefficient (Wildman–Crippen LogP) is 3.48. The van der Waals surface area contributed by atoms with Crippen molar-refractivity contribution in [3.05, 3.63) is 65.2 Å². The summed E-state index contributed by atoms with van der Waals surface area (Å²) >= 11 is 1.31. The van der Waals surface area contributed by atoms with E-state index in [-0.39, 0.29) is 5.78 Å². The highest BCUT2D eigenvalue weighted by molar-refractivity contribution is 7.16. The second-order valence-electron chi connectivity index (χ2n) is 4.40. The third-order valence-corrected chi connectivity index (χ3v) is 4.05. The van der Waals surface area contributed by atoms with Gasteiger partial charge >= 0.3 is 0 Å². The summed E-state index contributed by atoms with van der Waals surface area (Å²) in [6.45, 7) is 0. The van der Waals surface area contributed by atoms with Gasteiger partial charge in [0, 0.05) is 23.9 Å². The molecule has 1 aromatic heterocycles. The summed E-state index contributed by atoms with van der Waals surface area (Å²) in [4.78, 5) is 12.5. The maximum absolute atomic E-state index is 12.5. The van der Waals surface area contributed by atoms with Gasteiger partial charge in [-0.3, -0.25) is 4.79 Å². The SMILES string of the molecule is CNc1ccccc1C(=O)c1nnc(-c2ccccc2)s1. The maximum atomic E-state index is 12.5. The van der Waals surface area contributed by atoms with Crippen molar-refractivity contribution in [3.63, 3.8) is 0 Å². The van der Waals surface area contributed by atoms with Crippen molar-refractivity contribution in [2.24, 2.45) is 0 Å². The molecule has 0 aliphatic heterocycles. The highest BCUT2D eigenvalue weighted by Crippen LogP contribution is 2.26. The molecule has 0 aliphatic rings. The molecule has 0 amide bonds. The topological polar surface area (TPSA) is 54.9 Å². The van der Waals surface area contributed by atoms with E-state index in [4.69, 9.17) is 0 Å². The van der Waals surface area contributed by atoms with Crippen LogP contribution in [0.25, 0.3) is 10.6 Å². The van der Waals surface area contributed by atoms with Gasteiger partial charge in [-0.15, -0.1) is 10.2 Å². The first-order chi connectivity index (χ1) is 10.3. The minimum absolute atomic E-state index is 0.111. The summed E-state index contributed by atoms with van der Waals surface area (Å²) in [5.74, 6) is -0.111. The van der Waals surface area contributed by atoms with Gasteiger partial charge in [0.05, 0.1) is 0 Å². The van der Waals surface area contributed by atoms with Crippen molar-refractivity contribution in [2.75, 3.05) is 12.4 Å². The molecule has 0 aliphatic carbocycles. The summed E-state index contributed by atoms with van der Waals surface area (Å²) in [7, 11) is 1.79. The standard InChI is InChI=1S/C16H13N3OS/c1-17-13-10-6-5-9-12(13)14(20)16-19-18-15(21-16)11-7-3-2-4-8-11/h2-10,17H,1H3. The molecule has 1 N–H and O–H groups in total. The average molecular weight is 295 g/mol. The van der Waals surface area contributed by atoms with E-state index in [2.05, 4.69) is 15.5 Å². The number of carbonyl (C=O) groups is 1. The first-order valence-electron chi connectivity index (χ1n) is 6.50. The lowest BCUT2D eigenvalue weighted by molar-refractivity contribution is 0.103. The van der Waals surface area contributed by atoms with Gasteiger partial charge in [-0.2, -0.15) is 0 Å². The Bertz CT molecular complexity index is 768. The fourth-order valence-corrected chi connectivity index (χ4v) is 2.83. The Kier molecular flexibility index (Phi) is 3.75. The molecule has 4 nitrogen and oxygen atoms in total. The zero-order valence-electron chi connectivity index (χ0n) is 11.4. The van der Waals surface area contributed by atoms with Gasteiger partial charge in [-0.25, -0.2) is 0 Å². The molecule has 0 spiro atoms. The highest BCUT2D eigenvalue weighted by atomic mass is 32.1. The van der Waals surface area contributed by atoms with Gasteiger partial charge in [-0.1, -0.05) is 53.8 Å². The van der Waals surface area contributed by atoms with Crippen molar-refractivity contribution in [3.8, 4) is 10.6 Å². The summed E-state index contributed by atoms with van der Waals surface area (Å²) in [5, 5.41) is 12.3. The van der Waals surface area contributed by atoms with Crippen LogP contribution >= 0.6 is 11.3 Å². The lowest BCUT2D eigenvalue weighted by atomic mass is 10.1. The zero-order chi connectivity index (χ0) is 14.7. The number of nitrogens with one attached hydrogen (secondary N) is 1. The molecule has 0 bridgehead atoms. The minimum Gasteiger partial charge on any atom is -0.388 e. The molecule has 2 aromatic carbocycles. The largest absolute Gasteiger partial charge is 0.388 e. The van der Waals surface area contributed by atoms with Crippen LogP contribution in [0.1, 0.15) is 15.4 Å². The molecular formula is C16H13N3OS. The van der Waals surface area contributed by atoms with Crippen molar-refractivity contribution in [1.29, 1.82) is 0 Å². The minimum atomic E-state index is -0.111. The molecule has 3 rings (SSSR count). The van der Waals surface area contributed by atoms with Crippen LogP contribution in [0.4, 0.5) is 5.69 Å². The van der Waals surface area contributed by atoms with Crippen LogP contribution in [0.15, 0.2) is 54.6 Å². The van der Waals surface area contributed by atoms with E-state index >= 15 is 0 Å². The van der Waals surface area contributed by atoms with E-state index in [1.54, 1.807) is 13.1 Å². The second-order valence-corrected chi connectivity index (χ2v) is 5.38. The normalized spacial score (nSPS) is 10.3. The number of para-hydroxylation sites is 1. The van der Waals surface area contributed by atoms with Gasteiger partial charge in [0.25, 0.3) is 0 Å². The Morgan fingerprint density at radius 3 is 2.48 bits per heavy atom. The lowest BCUT2D eigenvalue weighted by Gasteiger charge is -2.05. The van der Waals surface area contributed by atoms with Crippen LogP contribution in [0.3, 0.4) is 0 Å². The second kappa shape index (κ2) is 5.85. The van der Waals surface area contributed by atoms with Gasteiger partial charge in [0.2, 0.25) is 5.78 Å². The van der Waals surface area contributed by atoms with Crippen LogP contribution < -0.4 is 5.32 Å². The number of benzene rings is 2. The zero-order valence-corrected chi connectivity index (χ0v) is 12.2. The number of ketones is 1. The van der Waals surface area contributed by atoms with Crippen LogP contribution in [0, 0.1) is 0 Å². The molecule has 5 heteroatoms. The molecule has 3 aromatic rings. The summed E-state index contributed by atoms with van der Waals surface area (Å²) < 4.78 is 0. The molecule has 104 valence electrons. The lowest BCUT2D eigenvalue weighted by Crippen LogP contribution is -2.04. The first kappa shape index (κ1) is 13.5. The Morgan fingerprint density at radius 1 is 1.00 bits per heavy atom. The molecule has 0 atom stereocenters. The van der Waals surface area contributed by atoms with Crippen LogP contribution in [-0.4, -0.2) is 23.0 Å². The fraction of sp³-hybridized carbons (Fsp3) is 0.0625. The van der Waals surface area contributed by atoms with E-state index < -0.39 is 0 Å². The number of aromatic nitrogens is 2. The fourth-order valence-electron chi connectivity index (χ4n) is 2.03. The van der Waals surface area contributed by atoms with Gasteiger partial charge in [-0.05, 0) is 12.1 Å². The van der Waals surface area contributed by atoms with Crippen LogP contribution in [-0.2, 0) is 0 Å². The van der Waals surface area contributed by atoms with Gasteiger partial charge in [0.15, 0.2) is 5.01 Å². The molecule has 21 heavy (non-hydrogen) atoms. The van der Waals surface area contributed by atoms with E-state index in [1.165, 1.54) is 11.3 Å². The van der Waals surface area contributed by atoms with Crippen molar-refractivity contribution in [2.45, 2.75) is 0 Å². The van der Waals surface area contributed by atoms with Crippen LogP contribution in [0.2, 0.25) is 0 Å². The Labute approximate surface area is 126 Å². The summed E-state index contributed by atoms with van der Waals surface area (Å²) in [6.07, 6.45) is 0. The Morgan fingerprint density at radius 2 is 1.71 bits per heavy atom. The van der Waals surface area contributed by atoms with Crippen molar-refractivity contribution < 1.29 is 4.79 Å². The van der Waals surface area contributed by atoms with E-state index in [1.807, 2.05) is 48.5 Å². The number of anilines is 1. The quantitative estimate of drug-likeness (QED) is 0.749. The molecule has 0 saturated carbocycles. The van der Waals surface area contributed by atoms with Gasteiger partial charge in [0.1, 0.15) is 5.01 Å². The Hall–Kier alpha value is -2.53. The monoisotopic (exact) mass is 295 g/mol. The predicted molar refractivity (Wildman–Crippen MR) is 84.8 cm³/mol. The Balaban J connectivity index is 1.95. The summed E-state index contributed by atoms with van der Waals surface area (Å²) in [5.41, 5.74) is 2.37. The van der Waals surface area contributed by atoms with Gasteiger partial charge < -0.3 is 5.32 Å².